The highest BCUT2D eigenvalue weighted by Gasteiger charge is 2.25. The second-order valence-corrected chi connectivity index (χ2v) is 5.48. The molecule has 0 aliphatic carbocycles. The summed E-state index contributed by atoms with van der Waals surface area (Å²) in [6, 6.07) is 3.09. The molecule has 3 N–H and O–H groups in total. The SMILES string of the molecule is O=C(Cc1cc(=O)[nH][nH]c1=O)N1CCC[C@@H](c2ccn[nH]2)C1. The fourth-order valence-electron chi connectivity index (χ4n) is 2.82. The van der Waals surface area contributed by atoms with E-state index >= 15 is 0 Å². The van der Waals surface area contributed by atoms with Gasteiger partial charge in [0.25, 0.3) is 11.1 Å². The van der Waals surface area contributed by atoms with Gasteiger partial charge < -0.3 is 4.90 Å². The number of hydrogen-bond acceptors (Lipinski definition) is 4. The van der Waals surface area contributed by atoms with Crippen molar-refractivity contribution in [1.29, 1.82) is 0 Å². The third kappa shape index (κ3) is 3.00. The van der Waals surface area contributed by atoms with Crippen LogP contribution in [0.25, 0.3) is 0 Å². The van der Waals surface area contributed by atoms with Crippen LogP contribution in [0.15, 0.2) is 27.9 Å². The maximum absolute atomic E-state index is 12.4. The molecular weight excluding hydrogens is 286 g/mol. The topological polar surface area (TPSA) is 115 Å². The molecule has 1 amide bonds. The Labute approximate surface area is 125 Å². The highest BCUT2D eigenvalue weighted by Crippen LogP contribution is 2.25. The molecule has 3 rings (SSSR count). The first-order chi connectivity index (χ1) is 10.6. The van der Waals surface area contributed by atoms with Gasteiger partial charge in [-0.25, -0.2) is 0 Å². The summed E-state index contributed by atoms with van der Waals surface area (Å²) in [6.07, 6.45) is 3.54. The van der Waals surface area contributed by atoms with Gasteiger partial charge in [-0.2, -0.15) is 5.10 Å². The van der Waals surface area contributed by atoms with Crippen LogP contribution in [0.4, 0.5) is 0 Å². The van der Waals surface area contributed by atoms with Crippen LogP contribution in [0, 0.1) is 0 Å². The summed E-state index contributed by atoms with van der Waals surface area (Å²) in [5.74, 6) is 0.0953. The monoisotopic (exact) mass is 303 g/mol. The lowest BCUT2D eigenvalue weighted by Crippen LogP contribution is -2.41. The molecule has 0 spiro atoms. The molecule has 0 aromatic carbocycles. The largest absolute Gasteiger partial charge is 0.342 e. The van der Waals surface area contributed by atoms with Crippen LogP contribution in [-0.2, 0) is 11.2 Å². The van der Waals surface area contributed by atoms with Crippen LogP contribution >= 0.6 is 0 Å². The zero-order valence-electron chi connectivity index (χ0n) is 12.0. The standard InChI is InChI=1S/C14H17N5O3/c20-12-6-10(14(22)18-17-12)7-13(21)19-5-1-2-9(8-19)11-3-4-15-16-11/h3-4,6,9H,1-2,5,7-8H2,(H,15,16)(H,17,20)(H,18,22)/t9-/m1/s1. The van der Waals surface area contributed by atoms with Crippen molar-refractivity contribution in [2.75, 3.05) is 13.1 Å². The van der Waals surface area contributed by atoms with Gasteiger partial charge in [-0.05, 0) is 18.9 Å². The molecule has 1 saturated heterocycles. The smallest absolute Gasteiger partial charge is 0.266 e. The molecule has 1 fully saturated rings. The second kappa shape index (κ2) is 6.00. The molecule has 0 radical (unpaired) electrons. The maximum atomic E-state index is 12.4. The highest BCUT2D eigenvalue weighted by atomic mass is 16.2. The van der Waals surface area contributed by atoms with E-state index in [2.05, 4.69) is 20.4 Å². The Morgan fingerprint density at radius 2 is 2.23 bits per heavy atom. The van der Waals surface area contributed by atoms with Crippen molar-refractivity contribution in [1.82, 2.24) is 25.3 Å². The van der Waals surface area contributed by atoms with Gasteiger partial charge in [0, 0.05) is 42.5 Å². The van der Waals surface area contributed by atoms with E-state index in [0.29, 0.717) is 13.1 Å². The van der Waals surface area contributed by atoms with Crippen molar-refractivity contribution in [2.45, 2.75) is 25.2 Å². The Bertz CT molecular complexity index is 761. The first-order valence-electron chi connectivity index (χ1n) is 7.21. The molecule has 0 bridgehead atoms. The molecule has 0 saturated carbocycles. The fraction of sp³-hybridized carbons (Fsp3) is 0.429. The van der Waals surface area contributed by atoms with Gasteiger partial charge in [-0.3, -0.25) is 29.7 Å². The summed E-state index contributed by atoms with van der Waals surface area (Å²) in [5, 5.41) is 11.3. The molecule has 3 heterocycles. The minimum atomic E-state index is -0.435. The number of nitrogens with one attached hydrogen (secondary N) is 3. The highest BCUT2D eigenvalue weighted by molar-refractivity contribution is 5.78. The lowest BCUT2D eigenvalue weighted by molar-refractivity contribution is -0.131. The van der Waals surface area contributed by atoms with E-state index in [4.69, 9.17) is 0 Å². The van der Waals surface area contributed by atoms with E-state index < -0.39 is 11.1 Å². The van der Waals surface area contributed by atoms with Crippen LogP contribution in [0.2, 0.25) is 0 Å². The van der Waals surface area contributed by atoms with Crippen LogP contribution in [0.1, 0.15) is 30.0 Å². The van der Waals surface area contributed by atoms with E-state index in [1.54, 1.807) is 11.1 Å². The van der Waals surface area contributed by atoms with Crippen molar-refractivity contribution in [3.8, 4) is 0 Å². The Morgan fingerprint density at radius 3 is 3.00 bits per heavy atom. The van der Waals surface area contributed by atoms with Crippen LogP contribution in [0.3, 0.4) is 0 Å². The predicted octanol–water partition coefficient (Wildman–Crippen LogP) is -0.265. The number of rotatable bonds is 3. The van der Waals surface area contributed by atoms with Gasteiger partial charge in [0.2, 0.25) is 5.91 Å². The molecule has 1 atom stereocenters. The normalized spacial score (nSPS) is 18.4. The Kier molecular flexibility index (Phi) is 3.90. The quantitative estimate of drug-likeness (QED) is 0.724. The first-order valence-corrected chi connectivity index (χ1v) is 7.21. The summed E-state index contributed by atoms with van der Waals surface area (Å²) < 4.78 is 0. The van der Waals surface area contributed by atoms with E-state index in [-0.39, 0.29) is 23.8 Å². The number of aromatic nitrogens is 4. The minimum Gasteiger partial charge on any atom is -0.342 e. The molecule has 8 nitrogen and oxygen atoms in total. The van der Waals surface area contributed by atoms with E-state index in [1.807, 2.05) is 6.07 Å². The molecule has 22 heavy (non-hydrogen) atoms. The van der Waals surface area contributed by atoms with Crippen molar-refractivity contribution < 1.29 is 4.79 Å². The lowest BCUT2D eigenvalue weighted by atomic mass is 9.94. The van der Waals surface area contributed by atoms with Crippen LogP contribution < -0.4 is 11.1 Å². The lowest BCUT2D eigenvalue weighted by Gasteiger charge is -2.32. The van der Waals surface area contributed by atoms with E-state index in [0.717, 1.165) is 18.5 Å². The summed E-state index contributed by atoms with van der Waals surface area (Å²) in [4.78, 5) is 37.0. The second-order valence-electron chi connectivity index (χ2n) is 5.48. The summed E-state index contributed by atoms with van der Waals surface area (Å²) >= 11 is 0. The third-order valence-corrected chi connectivity index (χ3v) is 3.97. The van der Waals surface area contributed by atoms with Crippen molar-refractivity contribution in [2.24, 2.45) is 0 Å². The van der Waals surface area contributed by atoms with Crippen LogP contribution in [-0.4, -0.2) is 44.3 Å². The van der Waals surface area contributed by atoms with Gasteiger partial charge in [-0.15, -0.1) is 0 Å². The Balaban J connectivity index is 1.70. The average Bonchev–Trinajstić information content (AvgIpc) is 3.05. The number of H-pyrrole nitrogens is 3. The zero-order valence-corrected chi connectivity index (χ0v) is 12.0. The predicted molar refractivity (Wildman–Crippen MR) is 78.5 cm³/mol. The van der Waals surface area contributed by atoms with Crippen molar-refractivity contribution >= 4 is 5.91 Å². The summed E-state index contributed by atoms with van der Waals surface area (Å²) in [7, 11) is 0. The van der Waals surface area contributed by atoms with E-state index in [1.165, 1.54) is 6.07 Å². The first kappa shape index (κ1) is 14.3. The summed E-state index contributed by atoms with van der Waals surface area (Å²) in [5.41, 5.74) is 0.357. The number of likely N-dealkylation sites (tertiary alicyclic amines) is 1. The van der Waals surface area contributed by atoms with Gasteiger partial charge in [0.1, 0.15) is 0 Å². The number of piperidine rings is 1. The van der Waals surface area contributed by atoms with Crippen LogP contribution in [0.5, 0.6) is 0 Å². The molecule has 8 heteroatoms. The zero-order chi connectivity index (χ0) is 15.5. The molecule has 2 aromatic rings. The molecule has 1 aliphatic rings. The molecule has 116 valence electrons. The van der Waals surface area contributed by atoms with Gasteiger partial charge in [-0.1, -0.05) is 0 Å². The number of aromatic amines is 3. The van der Waals surface area contributed by atoms with Gasteiger partial charge >= 0.3 is 0 Å². The Morgan fingerprint density at radius 1 is 1.36 bits per heavy atom. The molecule has 1 aliphatic heterocycles. The van der Waals surface area contributed by atoms with Gasteiger partial charge in [0.15, 0.2) is 0 Å². The molecular formula is C14H17N5O3. The molecule has 2 aromatic heterocycles. The third-order valence-electron chi connectivity index (χ3n) is 3.97. The number of nitrogens with zero attached hydrogens (tertiary/aromatic N) is 2. The van der Waals surface area contributed by atoms with Crippen molar-refractivity contribution in [3.63, 3.8) is 0 Å². The number of carbonyl (C=O) groups excluding carboxylic acids is 1. The fourth-order valence-corrected chi connectivity index (χ4v) is 2.82. The number of hydrogen-bond donors (Lipinski definition) is 3. The number of carbonyl (C=O) groups is 1. The maximum Gasteiger partial charge on any atom is 0.266 e. The van der Waals surface area contributed by atoms with E-state index in [9.17, 15) is 14.4 Å². The Hall–Kier alpha value is -2.64. The number of amides is 1. The molecule has 0 unspecified atom stereocenters. The van der Waals surface area contributed by atoms with Crippen molar-refractivity contribution in [3.05, 3.63) is 50.3 Å². The van der Waals surface area contributed by atoms with Gasteiger partial charge in [0.05, 0.1) is 6.42 Å². The average molecular weight is 303 g/mol. The summed E-state index contributed by atoms with van der Waals surface area (Å²) in [6.45, 7) is 1.27. The minimum absolute atomic E-state index is 0.0606.